The van der Waals surface area contributed by atoms with Crippen molar-refractivity contribution in [1.29, 1.82) is 0 Å². The van der Waals surface area contributed by atoms with Gasteiger partial charge in [-0.15, -0.1) is 0 Å². The lowest BCUT2D eigenvalue weighted by atomic mass is 10.4. The number of hydrogen-bond donors (Lipinski definition) is 0. The second-order valence-electron chi connectivity index (χ2n) is 3.37. The van der Waals surface area contributed by atoms with Crippen LogP contribution in [0.1, 0.15) is 12.8 Å². The van der Waals surface area contributed by atoms with Crippen LogP contribution in [0.2, 0.25) is 25.2 Å². The standard InChI is InChI=1S/C6H14Si/c1-7(2)5-3-4-6-7/h3-6H2,1-2H3. The Morgan fingerprint density at radius 1 is 1.00 bits per heavy atom. The highest BCUT2D eigenvalue weighted by Crippen LogP contribution is 2.28. The molecule has 0 spiro atoms. The van der Waals surface area contributed by atoms with Crippen LogP contribution in [0.15, 0.2) is 0 Å². The minimum absolute atomic E-state index is 0.540. The molecule has 0 aliphatic carbocycles. The second kappa shape index (κ2) is 1.62. The van der Waals surface area contributed by atoms with Gasteiger partial charge in [-0.25, -0.2) is 0 Å². The molecule has 7 heavy (non-hydrogen) atoms. The summed E-state index contributed by atoms with van der Waals surface area (Å²) in [6.07, 6.45) is 3.05. The van der Waals surface area contributed by atoms with Crippen LogP contribution in [-0.2, 0) is 0 Å². The highest BCUT2D eigenvalue weighted by Gasteiger charge is 2.24. The summed E-state index contributed by atoms with van der Waals surface area (Å²) in [6.45, 7) is 5.00. The van der Waals surface area contributed by atoms with Crippen molar-refractivity contribution in [3.05, 3.63) is 0 Å². The van der Waals surface area contributed by atoms with Crippen LogP contribution >= 0.6 is 0 Å². The van der Waals surface area contributed by atoms with Gasteiger partial charge in [0.2, 0.25) is 0 Å². The van der Waals surface area contributed by atoms with E-state index in [2.05, 4.69) is 13.1 Å². The molecule has 1 heteroatoms. The van der Waals surface area contributed by atoms with Crippen molar-refractivity contribution in [2.45, 2.75) is 38.0 Å². The smallest absolute Gasteiger partial charge is 0.0473 e. The van der Waals surface area contributed by atoms with Gasteiger partial charge in [0.15, 0.2) is 0 Å². The Bertz CT molecular complexity index is 58.6. The SMILES string of the molecule is C[Si]1(C)CCCC1. The van der Waals surface area contributed by atoms with Crippen molar-refractivity contribution in [2.75, 3.05) is 0 Å². The predicted octanol–water partition coefficient (Wildman–Crippen LogP) is 2.49. The lowest BCUT2D eigenvalue weighted by Gasteiger charge is -2.10. The van der Waals surface area contributed by atoms with E-state index in [1.807, 2.05) is 0 Å². The third kappa shape index (κ3) is 1.30. The van der Waals surface area contributed by atoms with Gasteiger partial charge in [0, 0.05) is 8.07 Å². The summed E-state index contributed by atoms with van der Waals surface area (Å²) < 4.78 is 0. The van der Waals surface area contributed by atoms with Crippen LogP contribution in [0.5, 0.6) is 0 Å². The van der Waals surface area contributed by atoms with Gasteiger partial charge < -0.3 is 0 Å². The molecule has 0 amide bonds. The molecule has 0 saturated carbocycles. The quantitative estimate of drug-likeness (QED) is 0.424. The molecule has 0 aromatic rings. The molecule has 42 valence electrons. The summed E-state index contributed by atoms with van der Waals surface area (Å²) in [4.78, 5) is 0. The molecule has 0 nitrogen and oxygen atoms in total. The summed E-state index contributed by atoms with van der Waals surface area (Å²) in [5, 5.41) is 0. The zero-order chi connectivity index (χ0) is 5.33. The summed E-state index contributed by atoms with van der Waals surface area (Å²) in [6, 6.07) is 3.18. The molecule has 0 radical (unpaired) electrons. The highest BCUT2D eigenvalue weighted by atomic mass is 28.3. The number of hydrogen-bond acceptors (Lipinski definition) is 0. The van der Waals surface area contributed by atoms with Crippen LogP contribution in [0, 0.1) is 0 Å². The Labute approximate surface area is 46.9 Å². The average molecular weight is 114 g/mol. The van der Waals surface area contributed by atoms with E-state index in [4.69, 9.17) is 0 Å². The van der Waals surface area contributed by atoms with E-state index in [1.165, 1.54) is 12.8 Å². The average Bonchev–Trinajstić information content (AvgIpc) is 1.84. The molecule has 1 fully saturated rings. The summed E-state index contributed by atoms with van der Waals surface area (Å²) in [5.41, 5.74) is 0. The third-order valence-corrected chi connectivity index (χ3v) is 5.37. The maximum Gasteiger partial charge on any atom is 0.0473 e. The second-order valence-corrected chi connectivity index (χ2v) is 8.70. The zero-order valence-corrected chi connectivity index (χ0v) is 6.33. The molecule has 1 aliphatic heterocycles. The normalized spacial score (nSPS) is 28.3. The molecule has 1 aliphatic rings. The summed E-state index contributed by atoms with van der Waals surface area (Å²) in [7, 11) is -0.540. The molecule has 0 unspecified atom stereocenters. The first-order valence-electron chi connectivity index (χ1n) is 3.21. The highest BCUT2D eigenvalue weighted by molar-refractivity contribution is 6.77. The number of rotatable bonds is 0. The molecule has 0 aromatic heterocycles. The van der Waals surface area contributed by atoms with Crippen molar-refractivity contribution < 1.29 is 0 Å². The largest absolute Gasteiger partial charge is 0.0693 e. The fourth-order valence-corrected chi connectivity index (χ4v) is 4.00. The molecule has 0 N–H and O–H groups in total. The van der Waals surface area contributed by atoms with Gasteiger partial charge >= 0.3 is 0 Å². The van der Waals surface area contributed by atoms with Crippen molar-refractivity contribution >= 4 is 8.07 Å². The minimum atomic E-state index is -0.540. The van der Waals surface area contributed by atoms with E-state index in [-0.39, 0.29) is 0 Å². The molecule has 1 rings (SSSR count). The van der Waals surface area contributed by atoms with Crippen molar-refractivity contribution in [1.82, 2.24) is 0 Å². The van der Waals surface area contributed by atoms with Gasteiger partial charge in [0.25, 0.3) is 0 Å². The third-order valence-electron chi connectivity index (χ3n) is 1.96. The lowest BCUT2D eigenvalue weighted by molar-refractivity contribution is 0.935. The summed E-state index contributed by atoms with van der Waals surface area (Å²) >= 11 is 0. The predicted molar refractivity (Wildman–Crippen MR) is 36.3 cm³/mol. The van der Waals surface area contributed by atoms with E-state index in [0.29, 0.717) is 0 Å². The summed E-state index contributed by atoms with van der Waals surface area (Å²) in [5.74, 6) is 0. The van der Waals surface area contributed by atoms with Crippen LogP contribution < -0.4 is 0 Å². The van der Waals surface area contributed by atoms with Gasteiger partial charge in [0.05, 0.1) is 0 Å². The minimum Gasteiger partial charge on any atom is -0.0693 e. The first-order chi connectivity index (χ1) is 3.21. The molecule has 1 heterocycles. The van der Waals surface area contributed by atoms with E-state index in [1.54, 1.807) is 12.1 Å². The first-order valence-corrected chi connectivity index (χ1v) is 6.62. The van der Waals surface area contributed by atoms with Crippen LogP contribution in [0.3, 0.4) is 0 Å². The van der Waals surface area contributed by atoms with Crippen molar-refractivity contribution in [3.63, 3.8) is 0 Å². The van der Waals surface area contributed by atoms with Gasteiger partial charge in [0.1, 0.15) is 0 Å². The van der Waals surface area contributed by atoms with Gasteiger partial charge in [-0.05, 0) is 0 Å². The molecular weight excluding hydrogens is 100 g/mol. The Morgan fingerprint density at radius 2 is 1.43 bits per heavy atom. The first kappa shape index (κ1) is 5.36. The molecule has 0 aromatic carbocycles. The van der Waals surface area contributed by atoms with Gasteiger partial charge in [-0.2, -0.15) is 0 Å². The molecule has 0 atom stereocenters. The maximum atomic E-state index is 2.50. The Balaban J connectivity index is 2.40. The molecular formula is C6H14Si. The molecule has 1 saturated heterocycles. The monoisotopic (exact) mass is 114 g/mol. The fraction of sp³-hybridized carbons (Fsp3) is 1.00. The van der Waals surface area contributed by atoms with Crippen molar-refractivity contribution in [3.8, 4) is 0 Å². The topological polar surface area (TPSA) is 0 Å². The van der Waals surface area contributed by atoms with Crippen LogP contribution in [-0.4, -0.2) is 8.07 Å². The Kier molecular flexibility index (Phi) is 1.24. The van der Waals surface area contributed by atoms with Gasteiger partial charge in [-0.1, -0.05) is 38.0 Å². The molecule has 0 bridgehead atoms. The van der Waals surface area contributed by atoms with E-state index in [9.17, 15) is 0 Å². The Hall–Kier alpha value is 0.217. The van der Waals surface area contributed by atoms with Crippen molar-refractivity contribution in [2.24, 2.45) is 0 Å². The van der Waals surface area contributed by atoms with E-state index in [0.717, 1.165) is 0 Å². The van der Waals surface area contributed by atoms with E-state index >= 15 is 0 Å². The van der Waals surface area contributed by atoms with E-state index < -0.39 is 8.07 Å². The zero-order valence-electron chi connectivity index (χ0n) is 5.33. The maximum absolute atomic E-state index is 2.50. The van der Waals surface area contributed by atoms with Crippen LogP contribution in [0.25, 0.3) is 0 Å². The van der Waals surface area contributed by atoms with Gasteiger partial charge in [-0.3, -0.25) is 0 Å². The van der Waals surface area contributed by atoms with Crippen LogP contribution in [0.4, 0.5) is 0 Å². The Morgan fingerprint density at radius 3 is 1.57 bits per heavy atom. The fourth-order valence-electron chi connectivity index (χ4n) is 1.33. The lowest BCUT2D eigenvalue weighted by Crippen LogP contribution is -2.17.